The SMILES string of the molecule is c1ccc2c(c1)-c1cc(-c3ccc(-n4c5ccccc5c5cc6c7ccccc7c7ccccc7c6cc54)cc3)ccc1C13CC2CC24CC(c5ccccc5-c5ccccc52)C2(CC(C1)c1ccccc1-c1ccccc12)C34. The molecule has 19 rings (SSSR count). The van der Waals surface area contributed by atoms with E-state index in [0.717, 1.165) is 6.42 Å². The van der Waals surface area contributed by atoms with Crippen LogP contribution in [0.15, 0.2) is 249 Å². The Morgan fingerprint density at radius 3 is 1.44 bits per heavy atom. The minimum Gasteiger partial charge on any atom is -0.309 e. The molecule has 79 heavy (non-hydrogen) atoms. The van der Waals surface area contributed by atoms with Gasteiger partial charge in [0.25, 0.3) is 0 Å². The van der Waals surface area contributed by atoms with Crippen LogP contribution in [0.4, 0.5) is 0 Å². The Hall–Kier alpha value is -8.78. The predicted octanol–water partition coefficient (Wildman–Crippen LogP) is 19.9. The molecule has 6 bridgehead atoms. The Kier molecular flexibility index (Phi) is 8.36. The molecule has 13 aromatic rings. The van der Waals surface area contributed by atoms with Gasteiger partial charge in [0.15, 0.2) is 0 Å². The lowest BCUT2D eigenvalue weighted by Crippen LogP contribution is -2.61. The van der Waals surface area contributed by atoms with Crippen molar-refractivity contribution in [3.63, 3.8) is 0 Å². The van der Waals surface area contributed by atoms with Crippen molar-refractivity contribution in [1.29, 1.82) is 0 Å². The lowest BCUT2D eigenvalue weighted by atomic mass is 9.38. The summed E-state index contributed by atoms with van der Waals surface area (Å²) in [6.07, 6.45) is 5.88. The lowest BCUT2D eigenvalue weighted by Gasteiger charge is -2.64. The first-order valence-corrected chi connectivity index (χ1v) is 29.1. The van der Waals surface area contributed by atoms with Crippen LogP contribution >= 0.6 is 0 Å². The van der Waals surface area contributed by atoms with E-state index >= 15 is 0 Å². The maximum atomic E-state index is 2.67. The smallest absolute Gasteiger partial charge is 0.0547 e. The van der Waals surface area contributed by atoms with Crippen molar-refractivity contribution in [2.75, 3.05) is 0 Å². The molecule has 6 aliphatic carbocycles. The summed E-state index contributed by atoms with van der Waals surface area (Å²) in [7, 11) is 0. The molecule has 1 heteroatoms. The molecule has 7 unspecified atom stereocenters. The number of nitrogens with zero attached hydrogens (tertiary/aromatic N) is 1. The molecule has 0 N–H and O–H groups in total. The molecule has 0 radical (unpaired) electrons. The fraction of sp³-hybridized carbons (Fsp3) is 0.154. The molecule has 7 atom stereocenters. The summed E-state index contributed by atoms with van der Waals surface area (Å²) in [5, 5.41) is 10.4. The van der Waals surface area contributed by atoms with Gasteiger partial charge in [-0.15, -0.1) is 0 Å². The Morgan fingerprint density at radius 1 is 0.291 bits per heavy atom. The van der Waals surface area contributed by atoms with Crippen LogP contribution in [0.1, 0.15) is 83.2 Å². The van der Waals surface area contributed by atoms with Gasteiger partial charge in [-0.3, -0.25) is 0 Å². The van der Waals surface area contributed by atoms with Crippen LogP contribution in [-0.4, -0.2) is 4.57 Å². The molecule has 1 nitrogen and oxygen atoms in total. The molecule has 6 aliphatic rings. The first kappa shape index (κ1) is 43.2. The Bertz CT molecular complexity index is 4820. The average Bonchev–Trinajstić information content (AvgIpc) is 1.90. The van der Waals surface area contributed by atoms with Crippen LogP contribution in [0.5, 0.6) is 0 Å². The van der Waals surface area contributed by atoms with Gasteiger partial charge in [-0.1, -0.05) is 212 Å². The molecule has 3 saturated carbocycles. The molecule has 0 saturated heterocycles. The van der Waals surface area contributed by atoms with Gasteiger partial charge in [0.05, 0.1) is 11.0 Å². The molecule has 3 fully saturated rings. The van der Waals surface area contributed by atoms with E-state index < -0.39 is 0 Å². The molecular weight excluding hydrogens is 951 g/mol. The first-order chi connectivity index (χ1) is 39.1. The van der Waals surface area contributed by atoms with Crippen molar-refractivity contribution < 1.29 is 0 Å². The minimum absolute atomic E-state index is 0.0407. The molecule has 0 aliphatic heterocycles. The molecule has 1 heterocycles. The van der Waals surface area contributed by atoms with Crippen LogP contribution < -0.4 is 0 Å². The minimum atomic E-state index is -0.0976. The number of aromatic nitrogens is 1. The van der Waals surface area contributed by atoms with Crippen molar-refractivity contribution >= 4 is 54.1 Å². The van der Waals surface area contributed by atoms with Crippen molar-refractivity contribution in [2.45, 2.75) is 66.1 Å². The number of benzene rings is 12. The summed E-state index contributed by atoms with van der Waals surface area (Å²) >= 11 is 0. The summed E-state index contributed by atoms with van der Waals surface area (Å²) in [5.74, 6) is 1.60. The number of rotatable bonds is 2. The van der Waals surface area contributed by atoms with Gasteiger partial charge in [-0.2, -0.15) is 0 Å². The topological polar surface area (TPSA) is 4.93 Å². The highest BCUT2D eigenvalue weighted by Crippen LogP contribution is 2.82. The monoisotopic (exact) mass is 1010 g/mol. The summed E-state index contributed by atoms with van der Waals surface area (Å²) in [6.45, 7) is 0. The predicted molar refractivity (Wildman–Crippen MR) is 328 cm³/mol. The zero-order chi connectivity index (χ0) is 51.3. The van der Waals surface area contributed by atoms with Crippen LogP contribution in [0.2, 0.25) is 0 Å². The van der Waals surface area contributed by atoms with Crippen LogP contribution in [0.25, 0.3) is 104 Å². The van der Waals surface area contributed by atoms with Gasteiger partial charge in [0, 0.05) is 32.7 Å². The second-order valence-electron chi connectivity index (χ2n) is 24.8. The van der Waals surface area contributed by atoms with Crippen LogP contribution in [0.3, 0.4) is 0 Å². The highest BCUT2D eigenvalue weighted by Gasteiger charge is 2.76. The van der Waals surface area contributed by atoms with Gasteiger partial charge in [0.2, 0.25) is 0 Å². The summed E-state index contributed by atoms with van der Waals surface area (Å²) < 4.78 is 2.51. The van der Waals surface area contributed by atoms with E-state index in [4.69, 9.17) is 0 Å². The quantitative estimate of drug-likeness (QED) is 0.152. The Balaban J connectivity index is 0.829. The molecule has 1 aromatic heterocycles. The molecule has 0 amide bonds. The van der Waals surface area contributed by atoms with Crippen molar-refractivity contribution in [1.82, 2.24) is 4.57 Å². The molecule has 372 valence electrons. The average molecular weight is 1010 g/mol. The fourth-order valence-electron chi connectivity index (χ4n) is 19.4. The van der Waals surface area contributed by atoms with Gasteiger partial charge in [0.1, 0.15) is 0 Å². The van der Waals surface area contributed by atoms with Crippen molar-refractivity contribution in [2.24, 2.45) is 5.92 Å². The standard InChI is InChI=1S/C78H55N/c1-3-19-54-53(18-1)50-44-76-42-49(43-77-46-72(78(45-50,75(76)77)71-31-15-12-27-62(54)71)63-28-10-9-25-60(63)61-26-11-14-30-69(61)77)52-17-2-4-20-55(52)67-39-48(35-38-70(67)76)47-33-36-51(37-34-47)79-73-32-16-13-29-64(73)68-40-65-58-23-7-5-21-56(58)57-22-6-8-24-59(57)66(65)41-74(68)79/h1-41,49-50,72,75H,42-46H2. The number of fused-ring (bicyclic) bond motifs is 23. The van der Waals surface area contributed by atoms with E-state index in [1.807, 2.05) is 0 Å². The largest absolute Gasteiger partial charge is 0.309 e. The Labute approximate surface area is 460 Å². The van der Waals surface area contributed by atoms with E-state index in [0.29, 0.717) is 23.7 Å². The number of hydrogen-bond donors (Lipinski definition) is 0. The fourth-order valence-corrected chi connectivity index (χ4v) is 19.4. The van der Waals surface area contributed by atoms with Gasteiger partial charge < -0.3 is 4.57 Å². The third-order valence-corrected chi connectivity index (χ3v) is 21.7. The maximum Gasteiger partial charge on any atom is 0.0547 e. The third-order valence-electron chi connectivity index (χ3n) is 21.7. The number of para-hydroxylation sites is 1. The summed E-state index contributed by atoms with van der Waals surface area (Å²) in [4.78, 5) is 0. The highest BCUT2D eigenvalue weighted by molar-refractivity contribution is 6.28. The molecule has 12 aromatic carbocycles. The van der Waals surface area contributed by atoms with Crippen molar-refractivity contribution in [3.8, 4) is 50.2 Å². The van der Waals surface area contributed by atoms with E-state index in [-0.39, 0.29) is 16.2 Å². The number of hydrogen-bond acceptors (Lipinski definition) is 0. The van der Waals surface area contributed by atoms with E-state index in [9.17, 15) is 0 Å². The molecule has 2 spiro atoms. The van der Waals surface area contributed by atoms with E-state index in [1.54, 1.807) is 33.4 Å². The third kappa shape index (κ3) is 5.38. The van der Waals surface area contributed by atoms with Gasteiger partial charge in [-0.25, -0.2) is 0 Å². The van der Waals surface area contributed by atoms with E-state index in [2.05, 4.69) is 253 Å². The summed E-state index contributed by atoms with van der Waals surface area (Å²) in [6, 6.07) is 97.7. The van der Waals surface area contributed by atoms with Gasteiger partial charge >= 0.3 is 0 Å². The van der Waals surface area contributed by atoms with E-state index in [1.165, 1.54) is 130 Å². The zero-order valence-electron chi connectivity index (χ0n) is 44.0. The van der Waals surface area contributed by atoms with Crippen LogP contribution in [-0.2, 0) is 16.2 Å². The zero-order valence-corrected chi connectivity index (χ0v) is 44.0. The Morgan fingerprint density at radius 2 is 0.759 bits per heavy atom. The van der Waals surface area contributed by atoms with Crippen LogP contribution in [0, 0.1) is 5.92 Å². The van der Waals surface area contributed by atoms with Crippen molar-refractivity contribution in [3.05, 3.63) is 282 Å². The normalized spacial score (nSPS) is 24.4. The molecular formula is C78H55N. The second-order valence-corrected chi connectivity index (χ2v) is 24.8. The lowest BCUT2D eigenvalue weighted by molar-refractivity contribution is -0.00418. The highest BCUT2D eigenvalue weighted by atomic mass is 15.0. The van der Waals surface area contributed by atoms with Gasteiger partial charge in [-0.05, 0) is 202 Å². The summed E-state index contributed by atoms with van der Waals surface area (Å²) in [5.41, 5.74) is 24.2. The second kappa shape index (κ2) is 15.3. The first-order valence-electron chi connectivity index (χ1n) is 29.1. The maximum absolute atomic E-state index is 2.67.